The molecule has 3 rings (SSSR count). The molecule has 0 saturated carbocycles. The number of ether oxygens (including phenoxy) is 2. The Morgan fingerprint density at radius 2 is 2.03 bits per heavy atom. The summed E-state index contributed by atoms with van der Waals surface area (Å²) in [4.78, 5) is 9.44. The second kappa shape index (κ2) is 9.93. The molecule has 2 aromatic rings. The minimum absolute atomic E-state index is 0.0880. The number of aliphatic imine (C=N–C) groups is 1. The number of aryl methyl sites for hydroxylation is 1. The molecule has 164 valence electrons. The number of guanidine groups is 1. The summed E-state index contributed by atoms with van der Waals surface area (Å²) in [7, 11) is 3.35. The second-order valence-corrected chi connectivity index (χ2v) is 8.25. The fraction of sp³-hybridized carbons (Fsp3) is 0.591. The van der Waals surface area contributed by atoms with Crippen molar-refractivity contribution in [3.63, 3.8) is 0 Å². The van der Waals surface area contributed by atoms with E-state index in [2.05, 4.69) is 53.6 Å². The van der Waals surface area contributed by atoms with Gasteiger partial charge in [-0.25, -0.2) is 9.67 Å². The van der Waals surface area contributed by atoms with Crippen molar-refractivity contribution in [2.75, 3.05) is 27.3 Å². The van der Waals surface area contributed by atoms with E-state index in [1.807, 2.05) is 16.8 Å². The molecule has 8 heteroatoms. The van der Waals surface area contributed by atoms with Gasteiger partial charge >= 0.3 is 0 Å². The van der Waals surface area contributed by atoms with Crippen molar-refractivity contribution in [1.82, 2.24) is 25.4 Å². The molecular weight excluding hydrogens is 380 g/mol. The Morgan fingerprint density at radius 3 is 2.70 bits per heavy atom. The van der Waals surface area contributed by atoms with E-state index >= 15 is 0 Å². The third kappa shape index (κ3) is 5.50. The lowest BCUT2D eigenvalue weighted by atomic mass is 9.85. The number of nitrogens with zero attached hydrogens (tertiary/aromatic N) is 4. The molecular formula is C22H34N6O2. The second-order valence-electron chi connectivity index (χ2n) is 8.25. The molecule has 1 aromatic heterocycles. The molecule has 0 amide bonds. The van der Waals surface area contributed by atoms with Gasteiger partial charge in [-0.05, 0) is 31.0 Å². The lowest BCUT2D eigenvalue weighted by molar-refractivity contribution is 0.177. The summed E-state index contributed by atoms with van der Waals surface area (Å²) in [5.41, 5.74) is 1.15. The van der Waals surface area contributed by atoms with E-state index in [1.54, 1.807) is 14.2 Å². The van der Waals surface area contributed by atoms with Crippen molar-refractivity contribution in [1.29, 1.82) is 0 Å². The largest absolute Gasteiger partial charge is 0.497 e. The molecule has 0 saturated heterocycles. The van der Waals surface area contributed by atoms with Crippen LogP contribution in [0.15, 0.2) is 29.3 Å². The van der Waals surface area contributed by atoms with Crippen molar-refractivity contribution in [2.24, 2.45) is 4.99 Å². The topological polar surface area (TPSA) is 85.6 Å². The molecule has 0 aliphatic carbocycles. The van der Waals surface area contributed by atoms with E-state index in [1.165, 1.54) is 5.56 Å². The number of hydrogen-bond donors (Lipinski definition) is 2. The van der Waals surface area contributed by atoms with Crippen molar-refractivity contribution in [2.45, 2.75) is 58.2 Å². The van der Waals surface area contributed by atoms with Gasteiger partial charge in [-0.3, -0.25) is 4.99 Å². The number of nitrogens with one attached hydrogen (secondary N) is 2. The molecule has 2 heterocycles. The predicted molar refractivity (Wildman–Crippen MR) is 118 cm³/mol. The van der Waals surface area contributed by atoms with Gasteiger partial charge in [-0.15, -0.1) is 0 Å². The number of benzene rings is 1. The molecule has 0 radical (unpaired) electrons. The highest BCUT2D eigenvalue weighted by Crippen LogP contribution is 2.25. The summed E-state index contributed by atoms with van der Waals surface area (Å²) in [5, 5.41) is 11.5. The van der Waals surface area contributed by atoms with E-state index < -0.39 is 0 Å². The fourth-order valence-electron chi connectivity index (χ4n) is 3.59. The molecule has 30 heavy (non-hydrogen) atoms. The van der Waals surface area contributed by atoms with Crippen molar-refractivity contribution < 1.29 is 9.47 Å². The van der Waals surface area contributed by atoms with Crippen LogP contribution in [0.2, 0.25) is 0 Å². The van der Waals surface area contributed by atoms with E-state index in [4.69, 9.17) is 14.5 Å². The normalized spacial score (nSPS) is 16.8. The third-order valence-electron chi connectivity index (χ3n) is 5.36. The number of methoxy groups -OCH3 is 2. The van der Waals surface area contributed by atoms with Gasteiger partial charge in [0.15, 0.2) is 11.8 Å². The Bertz CT molecular complexity index is 844. The predicted octanol–water partition coefficient (Wildman–Crippen LogP) is 2.28. The van der Waals surface area contributed by atoms with Crippen LogP contribution in [0.3, 0.4) is 0 Å². The smallest absolute Gasteiger partial charge is 0.191 e. The van der Waals surface area contributed by atoms with Crippen LogP contribution < -0.4 is 15.4 Å². The monoisotopic (exact) mass is 414 g/mol. The number of fused-ring (bicyclic) bond motifs is 1. The van der Waals surface area contributed by atoms with Crippen LogP contribution in [-0.4, -0.2) is 54.1 Å². The highest BCUT2D eigenvalue weighted by molar-refractivity contribution is 5.80. The van der Waals surface area contributed by atoms with Gasteiger partial charge < -0.3 is 20.1 Å². The van der Waals surface area contributed by atoms with Crippen LogP contribution in [0.4, 0.5) is 0 Å². The minimum Gasteiger partial charge on any atom is -0.497 e. The maximum Gasteiger partial charge on any atom is 0.191 e. The van der Waals surface area contributed by atoms with Gasteiger partial charge in [-0.2, -0.15) is 5.10 Å². The average Bonchev–Trinajstić information content (AvgIpc) is 3.14. The molecule has 0 spiro atoms. The van der Waals surface area contributed by atoms with Gasteiger partial charge in [0.2, 0.25) is 0 Å². The first kappa shape index (κ1) is 22.1. The molecule has 0 bridgehead atoms. The lowest BCUT2D eigenvalue weighted by Gasteiger charge is -2.27. The summed E-state index contributed by atoms with van der Waals surface area (Å²) in [5.74, 6) is 3.48. The Labute approximate surface area is 179 Å². The van der Waals surface area contributed by atoms with Gasteiger partial charge in [-0.1, -0.05) is 26.0 Å². The molecule has 1 atom stereocenters. The number of hydrogen-bond acceptors (Lipinski definition) is 5. The molecule has 1 aliphatic rings. The van der Waals surface area contributed by atoms with Crippen LogP contribution in [0.25, 0.3) is 0 Å². The van der Waals surface area contributed by atoms with Crippen LogP contribution in [-0.2, 0) is 29.7 Å². The Balaban J connectivity index is 1.65. The van der Waals surface area contributed by atoms with Gasteiger partial charge in [0.05, 0.1) is 20.2 Å². The van der Waals surface area contributed by atoms with E-state index in [0.717, 1.165) is 49.3 Å². The first-order valence-electron chi connectivity index (χ1n) is 10.6. The van der Waals surface area contributed by atoms with Crippen LogP contribution in [0.5, 0.6) is 5.75 Å². The summed E-state index contributed by atoms with van der Waals surface area (Å²) >= 11 is 0. The molecule has 0 fully saturated rings. The maximum absolute atomic E-state index is 5.27. The third-order valence-corrected chi connectivity index (χ3v) is 5.36. The average molecular weight is 415 g/mol. The van der Waals surface area contributed by atoms with Crippen molar-refractivity contribution >= 4 is 5.96 Å². The molecule has 1 aromatic carbocycles. The van der Waals surface area contributed by atoms with Crippen molar-refractivity contribution in [3.8, 4) is 5.75 Å². The summed E-state index contributed by atoms with van der Waals surface area (Å²) in [6.07, 6.45) is 1.89. The minimum atomic E-state index is -0.0880. The van der Waals surface area contributed by atoms with Gasteiger partial charge in [0.1, 0.15) is 18.2 Å². The van der Waals surface area contributed by atoms with Crippen LogP contribution >= 0.6 is 0 Å². The van der Waals surface area contributed by atoms with Crippen molar-refractivity contribution in [3.05, 3.63) is 41.5 Å². The molecule has 8 nitrogen and oxygen atoms in total. The fourth-order valence-corrected chi connectivity index (χ4v) is 3.59. The zero-order valence-electron chi connectivity index (χ0n) is 18.7. The van der Waals surface area contributed by atoms with E-state index in [9.17, 15) is 0 Å². The summed E-state index contributed by atoms with van der Waals surface area (Å²) in [6.45, 7) is 9.21. The van der Waals surface area contributed by atoms with Crippen LogP contribution in [0, 0.1) is 0 Å². The summed E-state index contributed by atoms with van der Waals surface area (Å²) in [6, 6.07) is 8.48. The molecule has 1 aliphatic heterocycles. The quantitative estimate of drug-likeness (QED) is 0.509. The van der Waals surface area contributed by atoms with Gasteiger partial charge in [0.25, 0.3) is 0 Å². The summed E-state index contributed by atoms with van der Waals surface area (Å²) < 4.78 is 12.4. The Morgan fingerprint density at radius 1 is 1.27 bits per heavy atom. The van der Waals surface area contributed by atoms with Gasteiger partial charge in [0, 0.05) is 31.5 Å². The van der Waals surface area contributed by atoms with E-state index in [0.29, 0.717) is 13.2 Å². The highest BCUT2D eigenvalue weighted by atomic mass is 16.5. The SMILES string of the molecule is CCNC(=NCC(C)(C)c1ccc(OC)cc1)NC1CCc2nc(COC)nn2C1. The maximum atomic E-state index is 5.27. The Hall–Kier alpha value is -2.61. The Kier molecular flexibility index (Phi) is 7.31. The first-order chi connectivity index (χ1) is 14.4. The first-order valence-corrected chi connectivity index (χ1v) is 10.6. The van der Waals surface area contributed by atoms with E-state index in [-0.39, 0.29) is 11.5 Å². The standard InChI is InChI=1S/C22H34N6O2/c1-6-23-21(24-15-22(2,3)16-7-10-18(30-5)11-8-16)25-17-9-12-20-26-19(14-29-4)27-28(20)13-17/h7-8,10-11,17H,6,9,12-15H2,1-5H3,(H2,23,24,25). The molecule has 1 unspecified atom stereocenters. The zero-order valence-corrected chi connectivity index (χ0v) is 18.7. The molecule has 2 N–H and O–H groups in total. The number of aromatic nitrogens is 3. The van der Waals surface area contributed by atoms with Crippen LogP contribution in [0.1, 0.15) is 44.4 Å². The number of rotatable bonds is 8. The zero-order chi connectivity index (χ0) is 21.6. The highest BCUT2D eigenvalue weighted by Gasteiger charge is 2.24. The lowest BCUT2D eigenvalue weighted by Crippen LogP contribution is -2.47.